The van der Waals surface area contributed by atoms with Gasteiger partial charge in [-0.25, -0.2) is 0 Å². The van der Waals surface area contributed by atoms with Crippen LogP contribution in [0.25, 0.3) is 0 Å². The standard InChI is InChI=1S/C8H18B2/c1-6(2,3)7(4)5-8(7,9)10/h5,9-10H2,1-4H3. The molecule has 0 aromatic rings. The zero-order valence-corrected chi connectivity index (χ0v) is 8.21. The van der Waals surface area contributed by atoms with Gasteiger partial charge in [0.1, 0.15) is 0 Å². The van der Waals surface area contributed by atoms with Crippen molar-refractivity contribution in [3.8, 4) is 0 Å². The van der Waals surface area contributed by atoms with Crippen molar-refractivity contribution in [1.82, 2.24) is 0 Å². The minimum atomic E-state index is 0.483. The Balaban J connectivity index is 2.78. The van der Waals surface area contributed by atoms with Crippen LogP contribution in [0.3, 0.4) is 0 Å². The van der Waals surface area contributed by atoms with Gasteiger partial charge in [0.15, 0.2) is 0 Å². The van der Waals surface area contributed by atoms with Crippen LogP contribution in [0.5, 0.6) is 0 Å². The lowest BCUT2D eigenvalue weighted by atomic mass is 9.57. The Kier molecular flexibility index (Phi) is 1.36. The molecule has 0 amide bonds. The zero-order chi connectivity index (χ0) is 8.21. The zero-order valence-electron chi connectivity index (χ0n) is 8.21. The summed E-state index contributed by atoms with van der Waals surface area (Å²) in [6.45, 7) is 9.46. The van der Waals surface area contributed by atoms with Gasteiger partial charge in [-0.2, -0.15) is 0 Å². The molecule has 0 aromatic heterocycles. The molecule has 0 heterocycles. The molecule has 2 heteroatoms. The second-order valence-corrected chi connectivity index (χ2v) is 5.64. The quantitative estimate of drug-likeness (QED) is 0.432. The molecule has 0 spiro atoms. The minimum absolute atomic E-state index is 0.483. The second kappa shape index (κ2) is 1.65. The summed E-state index contributed by atoms with van der Waals surface area (Å²) in [7, 11) is 4.75. The third-order valence-electron chi connectivity index (χ3n) is 3.82. The highest BCUT2D eigenvalue weighted by atomic mass is 14.6. The maximum absolute atomic E-state index is 2.41. The van der Waals surface area contributed by atoms with Crippen LogP contribution in [0.1, 0.15) is 34.1 Å². The Hall–Kier alpha value is 0.130. The van der Waals surface area contributed by atoms with Crippen molar-refractivity contribution in [2.75, 3.05) is 0 Å². The average Bonchev–Trinajstić information content (AvgIpc) is 2.05. The highest BCUT2D eigenvalue weighted by Gasteiger charge is 2.62. The summed E-state index contributed by atoms with van der Waals surface area (Å²) in [5, 5.41) is 0.589. The normalized spacial score (nSPS) is 37.6. The summed E-state index contributed by atoms with van der Waals surface area (Å²) < 4.78 is 0. The first-order valence-electron chi connectivity index (χ1n) is 4.21. The van der Waals surface area contributed by atoms with Gasteiger partial charge in [-0.3, -0.25) is 0 Å². The van der Waals surface area contributed by atoms with E-state index in [9.17, 15) is 0 Å². The lowest BCUT2D eigenvalue weighted by Crippen LogP contribution is -2.23. The smallest absolute Gasteiger partial charge is 0.0784 e. The van der Waals surface area contributed by atoms with E-state index < -0.39 is 0 Å². The van der Waals surface area contributed by atoms with Gasteiger partial charge < -0.3 is 0 Å². The molecule has 56 valence electrons. The summed E-state index contributed by atoms with van der Waals surface area (Å²) in [5.74, 6) is 0. The van der Waals surface area contributed by atoms with Crippen LogP contribution in [0.2, 0.25) is 5.21 Å². The van der Waals surface area contributed by atoms with E-state index in [2.05, 4.69) is 43.4 Å². The fourth-order valence-corrected chi connectivity index (χ4v) is 2.12. The summed E-state index contributed by atoms with van der Waals surface area (Å²) in [6.07, 6.45) is 1.39. The molecule has 0 saturated heterocycles. The summed E-state index contributed by atoms with van der Waals surface area (Å²) in [6, 6.07) is 0. The Bertz CT molecular complexity index is 155. The Labute approximate surface area is 66.6 Å². The summed E-state index contributed by atoms with van der Waals surface area (Å²) in [5.41, 5.74) is 1.07. The molecule has 1 aliphatic rings. The molecule has 0 aromatic carbocycles. The van der Waals surface area contributed by atoms with Gasteiger partial charge in [-0.1, -0.05) is 39.3 Å². The lowest BCUT2D eigenvalue weighted by Gasteiger charge is -2.31. The van der Waals surface area contributed by atoms with Crippen molar-refractivity contribution in [3.63, 3.8) is 0 Å². The molecule has 0 aliphatic heterocycles. The van der Waals surface area contributed by atoms with E-state index in [4.69, 9.17) is 0 Å². The van der Waals surface area contributed by atoms with Gasteiger partial charge in [0.05, 0.1) is 15.7 Å². The largest absolute Gasteiger partial charge is 0.0999 e. The van der Waals surface area contributed by atoms with Gasteiger partial charge in [0, 0.05) is 0 Å². The van der Waals surface area contributed by atoms with Crippen molar-refractivity contribution in [2.24, 2.45) is 10.8 Å². The predicted molar refractivity (Wildman–Crippen MR) is 52.0 cm³/mol. The van der Waals surface area contributed by atoms with Crippen molar-refractivity contribution >= 4 is 15.7 Å². The fraction of sp³-hybridized carbons (Fsp3) is 1.00. The third kappa shape index (κ3) is 0.844. The van der Waals surface area contributed by atoms with Crippen molar-refractivity contribution < 1.29 is 0 Å². The monoisotopic (exact) mass is 136 g/mol. The Morgan fingerprint density at radius 1 is 1.20 bits per heavy atom. The summed E-state index contributed by atoms with van der Waals surface area (Å²) in [4.78, 5) is 0. The van der Waals surface area contributed by atoms with E-state index in [0.29, 0.717) is 16.0 Å². The topological polar surface area (TPSA) is 0 Å². The van der Waals surface area contributed by atoms with Crippen molar-refractivity contribution in [2.45, 2.75) is 39.3 Å². The van der Waals surface area contributed by atoms with Crippen molar-refractivity contribution in [1.29, 1.82) is 0 Å². The molecule has 1 atom stereocenters. The molecule has 1 rings (SSSR count). The highest BCUT2D eigenvalue weighted by molar-refractivity contribution is 6.43. The van der Waals surface area contributed by atoms with Crippen LogP contribution >= 0.6 is 0 Å². The van der Waals surface area contributed by atoms with E-state index in [1.807, 2.05) is 0 Å². The molecule has 0 radical (unpaired) electrons. The lowest BCUT2D eigenvalue weighted by molar-refractivity contribution is 0.232. The molecule has 10 heavy (non-hydrogen) atoms. The maximum atomic E-state index is 2.41. The van der Waals surface area contributed by atoms with E-state index in [1.54, 1.807) is 0 Å². The van der Waals surface area contributed by atoms with Crippen LogP contribution in [-0.2, 0) is 0 Å². The van der Waals surface area contributed by atoms with Crippen LogP contribution in [0.4, 0.5) is 0 Å². The van der Waals surface area contributed by atoms with Crippen molar-refractivity contribution in [3.05, 3.63) is 0 Å². The first-order valence-corrected chi connectivity index (χ1v) is 4.21. The maximum Gasteiger partial charge on any atom is 0.0999 e. The van der Waals surface area contributed by atoms with Gasteiger partial charge >= 0.3 is 0 Å². The van der Waals surface area contributed by atoms with Gasteiger partial charge in [-0.15, -0.1) is 0 Å². The Morgan fingerprint density at radius 2 is 1.50 bits per heavy atom. The van der Waals surface area contributed by atoms with E-state index in [-0.39, 0.29) is 0 Å². The highest BCUT2D eigenvalue weighted by Crippen LogP contribution is 2.73. The average molecular weight is 136 g/mol. The van der Waals surface area contributed by atoms with Crippen LogP contribution < -0.4 is 0 Å². The first kappa shape index (κ1) is 8.23. The molecule has 1 unspecified atom stereocenters. The molecule has 1 aliphatic carbocycles. The number of rotatable bonds is 0. The van der Waals surface area contributed by atoms with E-state index in [1.165, 1.54) is 6.42 Å². The molecule has 0 bridgehead atoms. The van der Waals surface area contributed by atoms with E-state index in [0.717, 1.165) is 0 Å². The molecule has 0 nitrogen and oxygen atoms in total. The number of hydrogen-bond donors (Lipinski definition) is 0. The predicted octanol–water partition coefficient (Wildman–Crippen LogP) is 0.825. The first-order chi connectivity index (χ1) is 4.21. The molecule has 0 N–H and O–H groups in total. The Morgan fingerprint density at radius 3 is 1.50 bits per heavy atom. The van der Waals surface area contributed by atoms with E-state index >= 15 is 0 Å². The van der Waals surface area contributed by atoms with Crippen LogP contribution in [0, 0.1) is 10.8 Å². The van der Waals surface area contributed by atoms with Crippen LogP contribution in [0.15, 0.2) is 0 Å². The fourth-order valence-electron chi connectivity index (χ4n) is 2.12. The van der Waals surface area contributed by atoms with Crippen LogP contribution in [-0.4, -0.2) is 15.7 Å². The molecular weight excluding hydrogens is 118 g/mol. The molecule has 1 saturated carbocycles. The molecule has 1 fully saturated rings. The second-order valence-electron chi connectivity index (χ2n) is 5.64. The summed E-state index contributed by atoms with van der Waals surface area (Å²) >= 11 is 0. The van der Waals surface area contributed by atoms with Gasteiger partial charge in [0.2, 0.25) is 0 Å². The van der Waals surface area contributed by atoms with Gasteiger partial charge in [-0.05, 0) is 10.8 Å². The minimum Gasteiger partial charge on any atom is -0.0784 e. The third-order valence-corrected chi connectivity index (χ3v) is 3.82. The number of hydrogen-bond acceptors (Lipinski definition) is 0. The SMILES string of the molecule is BC1(B)CC1(C)C(C)(C)C. The van der Waals surface area contributed by atoms with Gasteiger partial charge in [0.25, 0.3) is 0 Å². The molecular formula is C8H18B2.